The normalized spacial score (nSPS) is 35.8. The summed E-state index contributed by atoms with van der Waals surface area (Å²) in [6, 6.07) is 9.83. The molecule has 1 atom stereocenters. The number of amides is 1. The molecule has 4 aliphatic carbocycles. The molecular weight excluding hydrogens is 286 g/mol. The first-order chi connectivity index (χ1) is 11.1. The third-order valence-corrected chi connectivity index (χ3v) is 6.49. The highest BCUT2D eigenvalue weighted by molar-refractivity contribution is 5.77. The summed E-state index contributed by atoms with van der Waals surface area (Å²) in [5, 5.41) is 3.24. The molecule has 4 bridgehead atoms. The van der Waals surface area contributed by atoms with E-state index in [-0.39, 0.29) is 18.6 Å². The summed E-state index contributed by atoms with van der Waals surface area (Å²) in [4.78, 5) is 12.3. The monoisotopic (exact) mass is 313 g/mol. The van der Waals surface area contributed by atoms with Crippen molar-refractivity contribution in [2.24, 2.45) is 23.2 Å². The maximum absolute atomic E-state index is 12.3. The minimum absolute atomic E-state index is 0.0112. The van der Waals surface area contributed by atoms with Gasteiger partial charge in [0.25, 0.3) is 5.91 Å². The van der Waals surface area contributed by atoms with Crippen LogP contribution in [0.15, 0.2) is 30.3 Å². The number of ether oxygens (including phenoxy) is 1. The Labute approximate surface area is 138 Å². The number of para-hydroxylation sites is 1. The molecule has 0 heterocycles. The van der Waals surface area contributed by atoms with Crippen molar-refractivity contribution in [3.05, 3.63) is 30.3 Å². The SMILES string of the molecule is C[C@@H](NC(=O)COc1ccccc1)C12CC3CC(CC(C3)C1)C2. The number of benzene rings is 1. The molecule has 1 amide bonds. The van der Waals surface area contributed by atoms with Crippen molar-refractivity contribution in [2.75, 3.05) is 6.61 Å². The fourth-order valence-electron chi connectivity index (χ4n) is 5.81. The van der Waals surface area contributed by atoms with Gasteiger partial charge < -0.3 is 10.1 Å². The molecule has 5 rings (SSSR count). The van der Waals surface area contributed by atoms with Crippen LogP contribution < -0.4 is 10.1 Å². The Hall–Kier alpha value is -1.51. The van der Waals surface area contributed by atoms with Crippen molar-refractivity contribution in [1.82, 2.24) is 5.32 Å². The Morgan fingerprint density at radius 1 is 1.13 bits per heavy atom. The highest BCUT2D eigenvalue weighted by Crippen LogP contribution is 2.61. The van der Waals surface area contributed by atoms with Gasteiger partial charge >= 0.3 is 0 Å². The van der Waals surface area contributed by atoms with Gasteiger partial charge in [-0.2, -0.15) is 0 Å². The molecule has 1 aromatic carbocycles. The van der Waals surface area contributed by atoms with Gasteiger partial charge in [-0.1, -0.05) is 18.2 Å². The van der Waals surface area contributed by atoms with Gasteiger partial charge in [0.1, 0.15) is 5.75 Å². The van der Waals surface area contributed by atoms with Gasteiger partial charge in [0.05, 0.1) is 0 Å². The Morgan fingerprint density at radius 3 is 2.26 bits per heavy atom. The lowest BCUT2D eigenvalue weighted by atomic mass is 9.48. The fourth-order valence-corrected chi connectivity index (χ4v) is 5.81. The molecule has 0 radical (unpaired) electrons. The molecule has 3 heteroatoms. The van der Waals surface area contributed by atoms with E-state index in [1.54, 1.807) is 0 Å². The summed E-state index contributed by atoms with van der Waals surface area (Å²) >= 11 is 0. The molecule has 0 aliphatic heterocycles. The van der Waals surface area contributed by atoms with Gasteiger partial charge in [0.2, 0.25) is 0 Å². The predicted octanol–water partition coefficient (Wildman–Crippen LogP) is 3.79. The summed E-state index contributed by atoms with van der Waals surface area (Å²) in [5.41, 5.74) is 0.358. The van der Waals surface area contributed by atoms with Gasteiger partial charge in [-0.25, -0.2) is 0 Å². The van der Waals surface area contributed by atoms with Crippen molar-refractivity contribution >= 4 is 5.91 Å². The molecule has 23 heavy (non-hydrogen) atoms. The molecule has 4 fully saturated rings. The molecule has 0 spiro atoms. The van der Waals surface area contributed by atoms with E-state index in [2.05, 4.69) is 12.2 Å². The first-order valence-electron chi connectivity index (χ1n) is 9.10. The molecular formula is C20H27NO2. The zero-order chi connectivity index (χ0) is 15.9. The van der Waals surface area contributed by atoms with Crippen LogP contribution in [-0.2, 0) is 4.79 Å². The molecule has 0 unspecified atom stereocenters. The lowest BCUT2D eigenvalue weighted by Crippen LogP contribution is -2.56. The van der Waals surface area contributed by atoms with Crippen LogP contribution >= 0.6 is 0 Å². The van der Waals surface area contributed by atoms with Crippen LogP contribution in [0.4, 0.5) is 0 Å². The van der Waals surface area contributed by atoms with Crippen molar-refractivity contribution in [1.29, 1.82) is 0 Å². The number of carbonyl (C=O) groups excluding carboxylic acids is 1. The van der Waals surface area contributed by atoms with E-state index in [0.717, 1.165) is 23.5 Å². The number of carbonyl (C=O) groups is 1. The number of nitrogens with one attached hydrogen (secondary N) is 1. The van der Waals surface area contributed by atoms with E-state index in [1.165, 1.54) is 38.5 Å². The van der Waals surface area contributed by atoms with Crippen LogP contribution in [0.2, 0.25) is 0 Å². The highest BCUT2D eigenvalue weighted by atomic mass is 16.5. The van der Waals surface area contributed by atoms with E-state index in [0.29, 0.717) is 5.41 Å². The Bertz CT molecular complexity index is 533. The summed E-state index contributed by atoms with van der Waals surface area (Å²) in [7, 11) is 0. The van der Waals surface area contributed by atoms with Crippen LogP contribution in [0, 0.1) is 23.2 Å². The second-order valence-electron chi connectivity index (χ2n) is 8.17. The van der Waals surface area contributed by atoms with E-state index < -0.39 is 0 Å². The third kappa shape index (κ3) is 2.98. The zero-order valence-electron chi connectivity index (χ0n) is 14.0. The molecule has 1 aromatic rings. The standard InChI is InChI=1S/C20H27NO2/c1-14(21-19(22)13-23-18-5-3-2-4-6-18)20-10-15-7-16(11-20)9-17(8-15)12-20/h2-6,14-17H,7-13H2,1H3,(H,21,22)/t14-,15?,16?,17?,20?/m1/s1. The smallest absolute Gasteiger partial charge is 0.258 e. The lowest BCUT2D eigenvalue weighted by molar-refractivity contribution is -0.127. The summed E-state index contributed by atoms with van der Waals surface area (Å²) in [5.74, 6) is 3.52. The van der Waals surface area contributed by atoms with Gasteiger partial charge in [0, 0.05) is 6.04 Å². The van der Waals surface area contributed by atoms with Crippen molar-refractivity contribution in [3.8, 4) is 5.75 Å². The van der Waals surface area contributed by atoms with Crippen molar-refractivity contribution in [3.63, 3.8) is 0 Å². The average Bonchev–Trinajstić information content (AvgIpc) is 2.52. The minimum Gasteiger partial charge on any atom is -0.484 e. The van der Waals surface area contributed by atoms with E-state index in [9.17, 15) is 4.79 Å². The highest BCUT2D eigenvalue weighted by Gasteiger charge is 2.53. The van der Waals surface area contributed by atoms with E-state index in [1.807, 2.05) is 30.3 Å². The maximum Gasteiger partial charge on any atom is 0.258 e. The first-order valence-corrected chi connectivity index (χ1v) is 9.10. The summed E-state index contributed by atoms with van der Waals surface area (Å²) in [6.45, 7) is 2.33. The quantitative estimate of drug-likeness (QED) is 0.898. The fraction of sp³-hybridized carbons (Fsp3) is 0.650. The zero-order valence-corrected chi connectivity index (χ0v) is 14.0. The predicted molar refractivity (Wildman–Crippen MR) is 90.1 cm³/mol. The van der Waals surface area contributed by atoms with Gasteiger partial charge in [0.15, 0.2) is 6.61 Å². The number of hydrogen-bond donors (Lipinski definition) is 1. The van der Waals surface area contributed by atoms with Gasteiger partial charge in [-0.15, -0.1) is 0 Å². The molecule has 4 saturated carbocycles. The average molecular weight is 313 g/mol. The molecule has 0 saturated heterocycles. The van der Waals surface area contributed by atoms with Crippen LogP contribution in [-0.4, -0.2) is 18.6 Å². The number of rotatable bonds is 5. The largest absolute Gasteiger partial charge is 0.484 e. The summed E-state index contributed by atoms with van der Waals surface area (Å²) < 4.78 is 5.58. The van der Waals surface area contributed by atoms with Gasteiger partial charge in [-0.05, 0) is 80.8 Å². The maximum atomic E-state index is 12.3. The molecule has 3 nitrogen and oxygen atoms in total. The Morgan fingerprint density at radius 2 is 1.70 bits per heavy atom. The second kappa shape index (κ2) is 5.85. The second-order valence-corrected chi connectivity index (χ2v) is 8.17. The Kier molecular flexibility index (Phi) is 3.82. The molecule has 124 valence electrons. The van der Waals surface area contributed by atoms with E-state index in [4.69, 9.17) is 4.74 Å². The topological polar surface area (TPSA) is 38.3 Å². The van der Waals surface area contributed by atoms with E-state index >= 15 is 0 Å². The van der Waals surface area contributed by atoms with Crippen LogP contribution in [0.1, 0.15) is 45.4 Å². The Balaban J connectivity index is 1.34. The number of hydrogen-bond acceptors (Lipinski definition) is 2. The lowest BCUT2D eigenvalue weighted by Gasteiger charge is -2.59. The van der Waals surface area contributed by atoms with Crippen LogP contribution in [0.25, 0.3) is 0 Å². The molecule has 0 aromatic heterocycles. The third-order valence-electron chi connectivity index (χ3n) is 6.49. The van der Waals surface area contributed by atoms with Crippen molar-refractivity contribution in [2.45, 2.75) is 51.5 Å². The molecule has 4 aliphatic rings. The van der Waals surface area contributed by atoms with Crippen molar-refractivity contribution < 1.29 is 9.53 Å². The van der Waals surface area contributed by atoms with Crippen LogP contribution in [0.3, 0.4) is 0 Å². The summed E-state index contributed by atoms with van der Waals surface area (Å²) in [6.07, 6.45) is 8.28. The van der Waals surface area contributed by atoms with Crippen LogP contribution in [0.5, 0.6) is 5.75 Å². The van der Waals surface area contributed by atoms with Gasteiger partial charge in [-0.3, -0.25) is 4.79 Å². The first kappa shape index (κ1) is 15.0. The minimum atomic E-state index is 0.0112. The molecule has 1 N–H and O–H groups in total.